The maximum absolute atomic E-state index is 6.47. The summed E-state index contributed by atoms with van der Waals surface area (Å²) in [5, 5.41) is 1.69. The highest BCUT2D eigenvalue weighted by Crippen LogP contribution is 2.19. The summed E-state index contributed by atoms with van der Waals surface area (Å²) in [5.74, 6) is 0. The molecule has 0 amide bonds. The van der Waals surface area contributed by atoms with E-state index >= 15 is 0 Å². The van der Waals surface area contributed by atoms with Crippen LogP contribution in [0.3, 0.4) is 0 Å². The van der Waals surface area contributed by atoms with E-state index < -0.39 is 17.6 Å². The summed E-state index contributed by atoms with van der Waals surface area (Å²) in [6.45, 7) is 0. The van der Waals surface area contributed by atoms with Crippen LogP contribution < -0.4 is 15.3 Å². The third-order valence-electron chi connectivity index (χ3n) is 4.21. The Balaban J connectivity index is 2.47. The Morgan fingerprint density at radius 3 is 1.42 bits per heavy atom. The molecule has 2 aromatic rings. The maximum Gasteiger partial charge on any atom is 0.529 e. The second-order valence-corrected chi connectivity index (χ2v) is 11.7. The molecule has 0 spiro atoms. The van der Waals surface area contributed by atoms with E-state index in [2.05, 4.69) is 0 Å². The molecule has 0 saturated carbocycles. The Morgan fingerprint density at radius 2 is 1.04 bits per heavy atom. The summed E-state index contributed by atoms with van der Waals surface area (Å²) in [7, 11) is 3.87. The maximum atomic E-state index is 6.47. The van der Waals surface area contributed by atoms with Gasteiger partial charge in [0.2, 0.25) is 0 Å². The number of anilines is 1. The van der Waals surface area contributed by atoms with Gasteiger partial charge in [0.15, 0.2) is 0 Å². The van der Waals surface area contributed by atoms with Crippen LogP contribution in [0.25, 0.3) is 0 Å². The van der Waals surface area contributed by atoms with Crippen molar-refractivity contribution in [1.29, 1.82) is 0 Å². The Kier molecular flexibility index (Phi) is 7.12. The Morgan fingerprint density at radius 1 is 0.615 bits per heavy atom. The fraction of sp³-hybridized carbons (Fsp3) is 0.333. The molecule has 2 rings (SSSR count). The van der Waals surface area contributed by atoms with Crippen molar-refractivity contribution in [3.05, 3.63) is 54.6 Å². The van der Waals surface area contributed by atoms with E-state index in [0.717, 1.165) is 16.1 Å². The van der Waals surface area contributed by atoms with E-state index in [9.17, 15) is 0 Å². The molecule has 0 fully saturated rings. The molecule has 26 heavy (non-hydrogen) atoms. The summed E-state index contributed by atoms with van der Waals surface area (Å²) in [6.07, 6.45) is 0. The third kappa shape index (κ3) is 4.07. The zero-order valence-corrected chi connectivity index (χ0v) is 18.2. The lowest BCUT2D eigenvalue weighted by Gasteiger charge is -2.35. The SMILES string of the molecule is CO[Si](OC)(O[Si](OC)(OC)c1ccc(N(C)C)cc1)c1ccccc1. The first-order valence-electron chi connectivity index (χ1n) is 8.21. The Labute approximate surface area is 158 Å². The van der Waals surface area contributed by atoms with E-state index in [0.29, 0.717) is 0 Å². The van der Waals surface area contributed by atoms with Crippen molar-refractivity contribution in [2.75, 3.05) is 47.4 Å². The first-order chi connectivity index (χ1) is 12.5. The highest BCUT2D eigenvalue weighted by atomic mass is 28.5. The van der Waals surface area contributed by atoms with Crippen molar-refractivity contribution < 1.29 is 21.8 Å². The van der Waals surface area contributed by atoms with E-state index in [1.165, 1.54) is 0 Å². The van der Waals surface area contributed by atoms with Crippen LogP contribution in [0.5, 0.6) is 0 Å². The summed E-state index contributed by atoms with van der Waals surface area (Å²) in [5.41, 5.74) is 1.08. The quantitative estimate of drug-likeness (QED) is 0.600. The number of nitrogens with zero attached hydrogens (tertiary/aromatic N) is 1. The average Bonchev–Trinajstić information content (AvgIpc) is 2.71. The molecule has 0 bridgehead atoms. The molecule has 0 unspecified atom stereocenters. The van der Waals surface area contributed by atoms with Gasteiger partial charge in [0, 0.05) is 58.6 Å². The Hall–Kier alpha value is -1.53. The van der Waals surface area contributed by atoms with Gasteiger partial charge in [0.1, 0.15) is 0 Å². The third-order valence-corrected chi connectivity index (χ3v) is 10.6. The fourth-order valence-corrected chi connectivity index (χ4v) is 8.85. The second kappa shape index (κ2) is 8.91. The fourth-order valence-electron chi connectivity index (χ4n) is 2.71. The molecular weight excluding hydrogens is 366 g/mol. The minimum atomic E-state index is -3.24. The van der Waals surface area contributed by atoms with Gasteiger partial charge >= 0.3 is 17.6 Å². The average molecular weight is 394 g/mol. The highest BCUT2D eigenvalue weighted by Gasteiger charge is 2.55. The lowest BCUT2D eigenvalue weighted by Crippen LogP contribution is -2.68. The second-order valence-electron chi connectivity index (χ2n) is 5.84. The van der Waals surface area contributed by atoms with Gasteiger partial charge in [-0.2, -0.15) is 0 Å². The molecule has 142 valence electrons. The van der Waals surface area contributed by atoms with Gasteiger partial charge in [-0.1, -0.05) is 42.5 Å². The van der Waals surface area contributed by atoms with Crippen LogP contribution in [0, 0.1) is 0 Å². The summed E-state index contributed by atoms with van der Waals surface area (Å²) in [4.78, 5) is 2.03. The number of benzene rings is 2. The van der Waals surface area contributed by atoms with Crippen molar-refractivity contribution in [1.82, 2.24) is 0 Å². The van der Waals surface area contributed by atoms with Crippen LogP contribution in [-0.4, -0.2) is 60.1 Å². The highest BCUT2D eigenvalue weighted by molar-refractivity contribution is 6.88. The smallest absolute Gasteiger partial charge is 0.378 e. The van der Waals surface area contributed by atoms with Gasteiger partial charge < -0.3 is 26.7 Å². The normalized spacial score (nSPS) is 12.2. The number of hydrogen-bond donors (Lipinski definition) is 0. The standard InChI is InChI=1S/C18H27NO5Si2/c1-19(2)16-12-14-18(15-13-16)26(22-5,23-6)24-25(20-3,21-4)17-10-8-7-9-11-17/h7-15H,1-6H3. The van der Waals surface area contributed by atoms with Crippen LogP contribution in [0.4, 0.5) is 5.69 Å². The zero-order valence-electron chi connectivity index (χ0n) is 16.2. The predicted molar refractivity (Wildman–Crippen MR) is 107 cm³/mol. The molecular formula is C18H27NO5Si2. The summed E-state index contributed by atoms with van der Waals surface area (Å²) in [6, 6.07) is 17.6. The van der Waals surface area contributed by atoms with Gasteiger partial charge in [-0.15, -0.1) is 0 Å². The molecule has 0 N–H and O–H groups in total. The molecule has 8 heteroatoms. The zero-order chi connectivity index (χ0) is 19.2. The monoisotopic (exact) mass is 393 g/mol. The molecule has 0 radical (unpaired) electrons. The van der Waals surface area contributed by atoms with Gasteiger partial charge in [0.05, 0.1) is 0 Å². The molecule has 0 aliphatic carbocycles. The van der Waals surface area contributed by atoms with Gasteiger partial charge in [0.25, 0.3) is 0 Å². The van der Waals surface area contributed by atoms with Crippen molar-refractivity contribution in [3.8, 4) is 0 Å². The first kappa shape index (κ1) is 20.8. The van der Waals surface area contributed by atoms with Crippen LogP contribution in [0.2, 0.25) is 0 Å². The number of hydrogen-bond acceptors (Lipinski definition) is 6. The van der Waals surface area contributed by atoms with Gasteiger partial charge in [-0.3, -0.25) is 0 Å². The van der Waals surface area contributed by atoms with E-state index in [4.69, 9.17) is 21.8 Å². The molecule has 6 nitrogen and oxygen atoms in total. The largest absolute Gasteiger partial charge is 0.529 e. The van der Waals surface area contributed by atoms with Crippen molar-refractivity contribution >= 4 is 33.7 Å². The topological polar surface area (TPSA) is 49.4 Å². The van der Waals surface area contributed by atoms with Crippen LogP contribution in [0.15, 0.2) is 54.6 Å². The van der Waals surface area contributed by atoms with Crippen LogP contribution in [0.1, 0.15) is 0 Å². The Bertz CT molecular complexity index is 674. The lowest BCUT2D eigenvalue weighted by molar-refractivity contribution is 0.107. The minimum Gasteiger partial charge on any atom is -0.378 e. The van der Waals surface area contributed by atoms with E-state index in [1.54, 1.807) is 28.4 Å². The first-order valence-corrected chi connectivity index (χ1v) is 11.7. The minimum absolute atomic E-state index is 0.843. The van der Waals surface area contributed by atoms with Crippen LogP contribution >= 0.6 is 0 Å². The number of rotatable bonds is 9. The lowest BCUT2D eigenvalue weighted by atomic mass is 10.3. The van der Waals surface area contributed by atoms with Gasteiger partial charge in [-0.25, -0.2) is 0 Å². The van der Waals surface area contributed by atoms with Crippen LogP contribution in [-0.2, 0) is 21.8 Å². The van der Waals surface area contributed by atoms with Crippen molar-refractivity contribution in [2.45, 2.75) is 0 Å². The summed E-state index contributed by atoms with van der Waals surface area (Å²) >= 11 is 0. The molecule has 0 aliphatic rings. The van der Waals surface area contributed by atoms with Crippen molar-refractivity contribution in [2.24, 2.45) is 0 Å². The predicted octanol–water partition coefficient (Wildman–Crippen LogP) is 1.35. The van der Waals surface area contributed by atoms with E-state index in [-0.39, 0.29) is 0 Å². The van der Waals surface area contributed by atoms with Crippen molar-refractivity contribution in [3.63, 3.8) is 0 Å². The molecule has 0 aromatic heterocycles. The molecule has 0 saturated heterocycles. The van der Waals surface area contributed by atoms with Gasteiger partial charge in [-0.05, 0) is 12.1 Å². The van der Waals surface area contributed by atoms with E-state index in [1.807, 2.05) is 73.6 Å². The summed E-state index contributed by atoms with van der Waals surface area (Å²) < 4.78 is 29.6. The molecule has 0 atom stereocenters. The molecule has 0 aliphatic heterocycles. The molecule has 2 aromatic carbocycles. The molecule has 0 heterocycles.